The molecule has 0 saturated carbocycles. The Hall–Kier alpha value is -2.41. The second-order valence-corrected chi connectivity index (χ2v) is 8.75. The molecule has 0 bridgehead atoms. The third-order valence-electron chi connectivity index (χ3n) is 4.30. The summed E-state index contributed by atoms with van der Waals surface area (Å²) in [5.41, 5.74) is 4.41. The lowest BCUT2D eigenvalue weighted by atomic mass is 10.1. The largest absolute Gasteiger partial charge is 0.298 e. The fraction of sp³-hybridized carbons (Fsp3) is 0.136. The molecule has 0 atom stereocenters. The van der Waals surface area contributed by atoms with E-state index in [9.17, 15) is 0 Å². The monoisotopic (exact) mass is 438 g/mol. The van der Waals surface area contributed by atoms with E-state index in [0.717, 1.165) is 38.6 Å². The van der Waals surface area contributed by atoms with Gasteiger partial charge in [-0.2, -0.15) is 0 Å². The summed E-state index contributed by atoms with van der Waals surface area (Å²) in [5.74, 6) is 1.54. The number of benzene rings is 2. The molecular formula is C22H19ClN4S2. The van der Waals surface area contributed by atoms with Gasteiger partial charge in [-0.25, -0.2) is 4.98 Å². The molecule has 4 nitrogen and oxygen atoms in total. The van der Waals surface area contributed by atoms with Gasteiger partial charge in [-0.05, 0) is 37.3 Å². The minimum atomic E-state index is 0.638. The van der Waals surface area contributed by atoms with Crippen molar-refractivity contribution < 1.29 is 0 Å². The highest BCUT2D eigenvalue weighted by molar-refractivity contribution is 7.98. The smallest absolute Gasteiger partial charge is 0.192 e. The number of rotatable bonds is 7. The third-order valence-corrected chi connectivity index (χ3v) is 6.49. The molecule has 0 amide bonds. The normalized spacial score (nSPS) is 11.0. The number of thiazole rings is 1. The molecule has 29 heavy (non-hydrogen) atoms. The Balaban J connectivity index is 1.53. The van der Waals surface area contributed by atoms with Crippen LogP contribution < -0.4 is 0 Å². The van der Waals surface area contributed by atoms with Gasteiger partial charge < -0.3 is 0 Å². The first-order valence-electron chi connectivity index (χ1n) is 9.08. The molecule has 0 aliphatic carbocycles. The molecule has 0 saturated heterocycles. The molecule has 146 valence electrons. The van der Waals surface area contributed by atoms with Crippen molar-refractivity contribution in [3.63, 3.8) is 0 Å². The number of halogens is 1. The molecular weight excluding hydrogens is 420 g/mol. The van der Waals surface area contributed by atoms with Gasteiger partial charge in [0.25, 0.3) is 0 Å². The molecule has 2 aromatic carbocycles. The van der Waals surface area contributed by atoms with Crippen molar-refractivity contribution in [2.75, 3.05) is 0 Å². The van der Waals surface area contributed by atoms with Crippen molar-refractivity contribution in [3.8, 4) is 22.0 Å². The first-order valence-corrected chi connectivity index (χ1v) is 11.3. The van der Waals surface area contributed by atoms with Gasteiger partial charge in [0.15, 0.2) is 11.0 Å². The second-order valence-electron chi connectivity index (χ2n) is 6.51. The standard InChI is InChI=1S/C22H19ClN4S2/c1-3-11-27-20(16-7-9-18(23)10-8-16)25-26-22(27)29-14-19-13-28-21(24-19)17-6-4-5-15(2)12-17/h3-10,12-13H,1,11,14H2,2H3. The summed E-state index contributed by atoms with van der Waals surface area (Å²) in [4.78, 5) is 4.79. The van der Waals surface area contributed by atoms with E-state index in [1.165, 1.54) is 5.56 Å². The van der Waals surface area contributed by atoms with E-state index in [0.29, 0.717) is 11.6 Å². The van der Waals surface area contributed by atoms with Gasteiger partial charge >= 0.3 is 0 Å². The van der Waals surface area contributed by atoms with Gasteiger partial charge in [-0.1, -0.05) is 53.2 Å². The van der Waals surface area contributed by atoms with Crippen LogP contribution in [-0.2, 0) is 12.3 Å². The molecule has 0 aliphatic heterocycles. The van der Waals surface area contributed by atoms with Crippen molar-refractivity contribution in [1.29, 1.82) is 0 Å². The highest BCUT2D eigenvalue weighted by Crippen LogP contribution is 2.30. The summed E-state index contributed by atoms with van der Waals surface area (Å²) >= 11 is 9.31. The van der Waals surface area contributed by atoms with Crippen molar-refractivity contribution in [2.24, 2.45) is 0 Å². The molecule has 0 aliphatic rings. The quantitative estimate of drug-likeness (QED) is 0.243. The van der Waals surface area contributed by atoms with Gasteiger partial charge in [0.1, 0.15) is 5.01 Å². The van der Waals surface area contributed by atoms with E-state index < -0.39 is 0 Å². The number of thioether (sulfide) groups is 1. The van der Waals surface area contributed by atoms with Crippen LogP contribution in [0.1, 0.15) is 11.3 Å². The van der Waals surface area contributed by atoms with Gasteiger partial charge in [-0.3, -0.25) is 4.57 Å². The Labute approximate surface area is 183 Å². The lowest BCUT2D eigenvalue weighted by molar-refractivity contribution is 0.731. The molecule has 0 fully saturated rings. The number of hydrogen-bond acceptors (Lipinski definition) is 5. The van der Waals surface area contributed by atoms with Crippen molar-refractivity contribution in [1.82, 2.24) is 19.7 Å². The van der Waals surface area contributed by atoms with E-state index in [2.05, 4.69) is 57.9 Å². The summed E-state index contributed by atoms with van der Waals surface area (Å²) in [7, 11) is 0. The zero-order valence-corrected chi connectivity index (χ0v) is 18.3. The summed E-state index contributed by atoms with van der Waals surface area (Å²) in [6, 6.07) is 16.0. The minimum absolute atomic E-state index is 0.638. The zero-order chi connectivity index (χ0) is 20.2. The number of aromatic nitrogens is 4. The Kier molecular flexibility index (Phi) is 6.13. The van der Waals surface area contributed by atoms with Crippen LogP contribution in [0.2, 0.25) is 5.02 Å². The first-order chi connectivity index (χ1) is 14.1. The molecule has 4 aromatic rings. The second kappa shape index (κ2) is 8.95. The van der Waals surface area contributed by atoms with Crippen LogP contribution in [-0.4, -0.2) is 19.7 Å². The average molecular weight is 439 g/mol. The van der Waals surface area contributed by atoms with Crippen LogP contribution in [0.3, 0.4) is 0 Å². The summed E-state index contributed by atoms with van der Waals surface area (Å²) < 4.78 is 2.06. The molecule has 2 heterocycles. The molecule has 0 N–H and O–H groups in total. The maximum Gasteiger partial charge on any atom is 0.192 e. The lowest BCUT2D eigenvalue weighted by Crippen LogP contribution is -2.00. The van der Waals surface area contributed by atoms with Crippen LogP contribution >= 0.6 is 34.7 Å². The van der Waals surface area contributed by atoms with Crippen LogP contribution in [0.15, 0.2) is 71.7 Å². The van der Waals surface area contributed by atoms with E-state index in [4.69, 9.17) is 16.6 Å². The number of allylic oxidation sites excluding steroid dienone is 1. The van der Waals surface area contributed by atoms with E-state index in [-0.39, 0.29) is 0 Å². The highest BCUT2D eigenvalue weighted by Gasteiger charge is 2.14. The minimum Gasteiger partial charge on any atom is -0.298 e. The first kappa shape index (κ1) is 19.9. The SMILES string of the molecule is C=CCn1c(SCc2csc(-c3cccc(C)c3)n2)nnc1-c1ccc(Cl)cc1. The Morgan fingerprint density at radius 3 is 2.72 bits per heavy atom. The summed E-state index contributed by atoms with van der Waals surface area (Å²) in [6.07, 6.45) is 1.85. The average Bonchev–Trinajstić information content (AvgIpc) is 3.35. The zero-order valence-electron chi connectivity index (χ0n) is 15.9. The summed E-state index contributed by atoms with van der Waals surface area (Å²) in [5, 5.41) is 13.5. The van der Waals surface area contributed by atoms with E-state index >= 15 is 0 Å². The number of hydrogen-bond donors (Lipinski definition) is 0. The molecule has 4 rings (SSSR count). The number of aryl methyl sites for hydroxylation is 1. The van der Waals surface area contributed by atoms with Crippen LogP contribution in [0, 0.1) is 6.92 Å². The molecule has 0 unspecified atom stereocenters. The predicted octanol–water partition coefficient (Wildman–Crippen LogP) is 6.51. The Bertz CT molecular complexity index is 1130. The Morgan fingerprint density at radius 2 is 1.97 bits per heavy atom. The van der Waals surface area contributed by atoms with Gasteiger partial charge in [0.05, 0.1) is 5.69 Å². The van der Waals surface area contributed by atoms with Gasteiger partial charge in [-0.15, -0.1) is 28.1 Å². The van der Waals surface area contributed by atoms with Crippen LogP contribution in [0.4, 0.5) is 0 Å². The summed E-state index contributed by atoms with van der Waals surface area (Å²) in [6.45, 7) is 6.60. The molecule has 0 spiro atoms. The van der Waals surface area contributed by atoms with E-state index in [1.54, 1.807) is 23.1 Å². The van der Waals surface area contributed by atoms with Gasteiger partial charge in [0, 0.05) is 33.8 Å². The molecule has 7 heteroatoms. The van der Waals surface area contributed by atoms with Crippen molar-refractivity contribution in [2.45, 2.75) is 24.4 Å². The van der Waals surface area contributed by atoms with Crippen LogP contribution in [0.5, 0.6) is 0 Å². The van der Waals surface area contributed by atoms with Crippen molar-refractivity contribution >= 4 is 34.7 Å². The highest BCUT2D eigenvalue weighted by atomic mass is 35.5. The Morgan fingerprint density at radius 1 is 1.14 bits per heavy atom. The van der Waals surface area contributed by atoms with E-state index in [1.807, 2.05) is 30.3 Å². The fourth-order valence-corrected chi connectivity index (χ4v) is 4.81. The van der Waals surface area contributed by atoms with Crippen LogP contribution in [0.25, 0.3) is 22.0 Å². The molecule has 2 aromatic heterocycles. The van der Waals surface area contributed by atoms with Crippen molar-refractivity contribution in [3.05, 3.63) is 82.8 Å². The fourth-order valence-electron chi connectivity index (χ4n) is 2.92. The topological polar surface area (TPSA) is 43.6 Å². The maximum absolute atomic E-state index is 6.01. The maximum atomic E-state index is 6.01. The lowest BCUT2D eigenvalue weighted by Gasteiger charge is -2.07. The predicted molar refractivity (Wildman–Crippen MR) is 123 cm³/mol. The van der Waals surface area contributed by atoms with Gasteiger partial charge in [0.2, 0.25) is 0 Å². The number of nitrogens with zero attached hydrogens (tertiary/aromatic N) is 4. The molecule has 0 radical (unpaired) electrons. The third kappa shape index (κ3) is 4.61.